The van der Waals surface area contributed by atoms with E-state index in [1.807, 2.05) is 26.0 Å². The molecule has 1 N–H and O–H groups in total. The number of nitrogens with zero attached hydrogens (tertiary/aromatic N) is 2. The van der Waals surface area contributed by atoms with Gasteiger partial charge < -0.3 is 10.2 Å². The standard InChI is InChI=1S/C27H37N3O3S/c1-20-4-10-26(11-5-20)34(32,33)30-18-14-24(15-19-30)27(31)28-22(3)23-6-8-25(9-7-23)29-16-12-21(2)13-17-29/h4-11,21-22,24H,12-19H2,1-3H3,(H,28,31)/t22-/m1/s1. The van der Waals surface area contributed by atoms with Crippen LogP contribution in [-0.2, 0) is 14.8 Å². The Bertz CT molecular complexity index is 1070. The first-order chi connectivity index (χ1) is 16.2. The summed E-state index contributed by atoms with van der Waals surface area (Å²) in [7, 11) is -3.51. The minimum Gasteiger partial charge on any atom is -0.372 e. The molecule has 7 heteroatoms. The number of anilines is 1. The molecule has 2 aromatic carbocycles. The summed E-state index contributed by atoms with van der Waals surface area (Å²) in [6, 6.07) is 15.4. The largest absolute Gasteiger partial charge is 0.372 e. The summed E-state index contributed by atoms with van der Waals surface area (Å²) in [5, 5.41) is 3.14. The fourth-order valence-electron chi connectivity index (χ4n) is 4.87. The maximum atomic E-state index is 12.9. The minimum atomic E-state index is -3.51. The number of benzene rings is 2. The molecular weight excluding hydrogens is 446 g/mol. The summed E-state index contributed by atoms with van der Waals surface area (Å²) in [6.07, 6.45) is 3.55. The lowest BCUT2D eigenvalue weighted by Crippen LogP contribution is -2.43. The van der Waals surface area contributed by atoms with Gasteiger partial charge in [-0.3, -0.25) is 4.79 Å². The number of piperidine rings is 2. The zero-order valence-electron chi connectivity index (χ0n) is 20.5. The van der Waals surface area contributed by atoms with Gasteiger partial charge in [0.2, 0.25) is 15.9 Å². The van der Waals surface area contributed by atoms with Gasteiger partial charge in [0.25, 0.3) is 0 Å². The molecule has 0 aliphatic carbocycles. The highest BCUT2D eigenvalue weighted by atomic mass is 32.2. The topological polar surface area (TPSA) is 69.7 Å². The highest BCUT2D eigenvalue weighted by Crippen LogP contribution is 2.27. The van der Waals surface area contributed by atoms with Crippen molar-refractivity contribution < 1.29 is 13.2 Å². The molecule has 0 spiro atoms. The van der Waals surface area contributed by atoms with E-state index in [-0.39, 0.29) is 17.9 Å². The third-order valence-electron chi connectivity index (χ3n) is 7.38. The second kappa shape index (κ2) is 10.5. The minimum absolute atomic E-state index is 0.00831. The Labute approximate surface area is 204 Å². The van der Waals surface area contributed by atoms with Gasteiger partial charge in [-0.25, -0.2) is 8.42 Å². The van der Waals surface area contributed by atoms with Crippen LogP contribution in [0, 0.1) is 18.8 Å². The summed E-state index contributed by atoms with van der Waals surface area (Å²) in [4.78, 5) is 15.7. The molecule has 1 amide bonds. The molecule has 0 saturated carbocycles. The van der Waals surface area contributed by atoms with E-state index in [4.69, 9.17) is 0 Å². The summed E-state index contributed by atoms with van der Waals surface area (Å²) in [6.45, 7) is 9.20. The van der Waals surface area contributed by atoms with Crippen molar-refractivity contribution in [1.82, 2.24) is 9.62 Å². The van der Waals surface area contributed by atoms with Gasteiger partial charge in [0, 0.05) is 37.8 Å². The van der Waals surface area contributed by atoms with Crippen LogP contribution in [0.25, 0.3) is 0 Å². The van der Waals surface area contributed by atoms with Gasteiger partial charge in [-0.05, 0) is 75.3 Å². The number of rotatable bonds is 6. The first-order valence-electron chi connectivity index (χ1n) is 12.5. The van der Waals surface area contributed by atoms with Gasteiger partial charge in [-0.1, -0.05) is 36.8 Å². The Morgan fingerprint density at radius 2 is 1.50 bits per heavy atom. The molecule has 1 atom stereocenters. The number of sulfonamides is 1. The van der Waals surface area contributed by atoms with Crippen molar-refractivity contribution in [3.05, 3.63) is 59.7 Å². The Morgan fingerprint density at radius 3 is 2.09 bits per heavy atom. The highest BCUT2D eigenvalue weighted by molar-refractivity contribution is 7.89. The van der Waals surface area contributed by atoms with Gasteiger partial charge >= 0.3 is 0 Å². The van der Waals surface area contributed by atoms with Crippen LogP contribution in [0.15, 0.2) is 53.4 Å². The Kier molecular flexibility index (Phi) is 7.63. The van der Waals surface area contributed by atoms with Gasteiger partial charge in [0.05, 0.1) is 10.9 Å². The van der Waals surface area contributed by atoms with Crippen LogP contribution in [-0.4, -0.2) is 44.8 Å². The predicted molar refractivity (Wildman–Crippen MR) is 136 cm³/mol. The quantitative estimate of drug-likeness (QED) is 0.656. The molecule has 0 bridgehead atoms. The molecule has 2 heterocycles. The molecule has 2 fully saturated rings. The number of amides is 1. The van der Waals surface area contributed by atoms with E-state index in [2.05, 4.69) is 41.4 Å². The first-order valence-corrected chi connectivity index (χ1v) is 13.9. The van der Waals surface area contributed by atoms with Crippen molar-refractivity contribution in [3.8, 4) is 0 Å². The first kappa shape index (κ1) is 24.7. The van der Waals surface area contributed by atoms with E-state index in [0.29, 0.717) is 30.8 Å². The summed E-state index contributed by atoms with van der Waals surface area (Å²) in [5.74, 6) is 0.649. The summed E-state index contributed by atoms with van der Waals surface area (Å²) in [5.41, 5.74) is 3.36. The second-order valence-corrected chi connectivity index (χ2v) is 11.9. The van der Waals surface area contributed by atoms with Crippen molar-refractivity contribution in [2.24, 2.45) is 11.8 Å². The second-order valence-electron chi connectivity index (χ2n) is 9.98. The number of carbonyl (C=O) groups is 1. The Balaban J connectivity index is 1.29. The third-order valence-corrected chi connectivity index (χ3v) is 9.30. The molecule has 0 radical (unpaired) electrons. The number of hydrogen-bond donors (Lipinski definition) is 1. The summed E-state index contributed by atoms with van der Waals surface area (Å²) >= 11 is 0. The fraction of sp³-hybridized carbons (Fsp3) is 0.519. The van der Waals surface area contributed by atoms with Crippen LogP contribution in [0.5, 0.6) is 0 Å². The van der Waals surface area contributed by atoms with Crippen LogP contribution in [0.1, 0.15) is 56.7 Å². The third kappa shape index (κ3) is 5.63. The zero-order valence-corrected chi connectivity index (χ0v) is 21.4. The zero-order chi connectivity index (χ0) is 24.3. The molecule has 6 nitrogen and oxygen atoms in total. The summed E-state index contributed by atoms with van der Waals surface area (Å²) < 4.78 is 27.3. The monoisotopic (exact) mass is 483 g/mol. The average molecular weight is 484 g/mol. The molecule has 2 aliphatic heterocycles. The van der Waals surface area contributed by atoms with Gasteiger partial charge in [-0.2, -0.15) is 4.31 Å². The van der Waals surface area contributed by atoms with E-state index in [1.54, 1.807) is 12.1 Å². The smallest absolute Gasteiger partial charge is 0.243 e. The lowest BCUT2D eigenvalue weighted by Gasteiger charge is -2.32. The SMILES string of the molecule is Cc1ccc(S(=O)(=O)N2CCC(C(=O)N[C@H](C)c3ccc(N4CCC(C)CC4)cc3)CC2)cc1. The lowest BCUT2D eigenvalue weighted by atomic mass is 9.96. The predicted octanol–water partition coefficient (Wildman–Crippen LogP) is 4.51. The molecule has 0 aromatic heterocycles. The Hall–Kier alpha value is -2.38. The number of hydrogen-bond acceptors (Lipinski definition) is 4. The van der Waals surface area contributed by atoms with Gasteiger partial charge in [0.15, 0.2) is 0 Å². The number of aryl methyl sites for hydroxylation is 1. The van der Waals surface area contributed by atoms with Crippen molar-refractivity contribution in [2.45, 2.75) is 57.4 Å². The maximum Gasteiger partial charge on any atom is 0.243 e. The van der Waals surface area contributed by atoms with Crippen molar-refractivity contribution >= 4 is 21.6 Å². The van der Waals surface area contributed by atoms with Crippen LogP contribution in [0.4, 0.5) is 5.69 Å². The lowest BCUT2D eigenvalue weighted by molar-refractivity contribution is -0.126. The van der Waals surface area contributed by atoms with Crippen LogP contribution >= 0.6 is 0 Å². The molecule has 4 rings (SSSR count). The van der Waals surface area contributed by atoms with Crippen molar-refractivity contribution in [1.29, 1.82) is 0 Å². The number of nitrogens with one attached hydrogen (secondary N) is 1. The molecule has 34 heavy (non-hydrogen) atoms. The van der Waals surface area contributed by atoms with Gasteiger partial charge in [0.1, 0.15) is 0 Å². The molecule has 2 aliphatic rings. The van der Waals surface area contributed by atoms with Crippen LogP contribution < -0.4 is 10.2 Å². The maximum absolute atomic E-state index is 12.9. The average Bonchev–Trinajstić information content (AvgIpc) is 2.85. The molecule has 184 valence electrons. The van der Waals surface area contributed by atoms with Crippen LogP contribution in [0.2, 0.25) is 0 Å². The van der Waals surface area contributed by atoms with Crippen molar-refractivity contribution in [3.63, 3.8) is 0 Å². The highest BCUT2D eigenvalue weighted by Gasteiger charge is 2.32. The van der Waals surface area contributed by atoms with E-state index >= 15 is 0 Å². The van der Waals surface area contributed by atoms with Crippen molar-refractivity contribution in [2.75, 3.05) is 31.1 Å². The molecular formula is C27H37N3O3S. The van der Waals surface area contributed by atoms with E-state index < -0.39 is 10.0 Å². The van der Waals surface area contributed by atoms with E-state index in [1.165, 1.54) is 22.8 Å². The molecule has 0 unspecified atom stereocenters. The van der Waals surface area contributed by atoms with Crippen LogP contribution in [0.3, 0.4) is 0 Å². The normalized spacial score (nSPS) is 19.7. The van der Waals surface area contributed by atoms with E-state index in [0.717, 1.165) is 30.1 Å². The van der Waals surface area contributed by atoms with Gasteiger partial charge in [-0.15, -0.1) is 0 Å². The number of carbonyl (C=O) groups excluding carboxylic acids is 1. The Morgan fingerprint density at radius 1 is 0.912 bits per heavy atom. The molecule has 2 saturated heterocycles. The fourth-order valence-corrected chi connectivity index (χ4v) is 6.34. The molecule has 2 aromatic rings. The van der Waals surface area contributed by atoms with E-state index in [9.17, 15) is 13.2 Å².